The van der Waals surface area contributed by atoms with Gasteiger partial charge in [0.25, 0.3) is 5.91 Å². The fraction of sp³-hybridized carbons (Fsp3) is 0.400. The summed E-state index contributed by atoms with van der Waals surface area (Å²) < 4.78 is 0.877. The molecule has 1 amide bonds. The van der Waals surface area contributed by atoms with E-state index in [1.165, 1.54) is 0 Å². The Balaban J connectivity index is 1.86. The Hall–Kier alpha value is -0.940. The first-order chi connectivity index (χ1) is 7.25. The number of rotatable bonds is 3. The first-order valence-corrected chi connectivity index (χ1v) is 5.65. The number of amides is 1. The summed E-state index contributed by atoms with van der Waals surface area (Å²) in [6.07, 6.45) is 1.62. The van der Waals surface area contributed by atoms with E-state index >= 15 is 0 Å². The highest BCUT2D eigenvalue weighted by Crippen LogP contribution is 2.07. The lowest BCUT2D eigenvalue weighted by molar-refractivity contribution is 0.0937. The second-order valence-electron chi connectivity index (χ2n) is 3.60. The summed E-state index contributed by atoms with van der Waals surface area (Å²) in [5.41, 5.74) is 0.463. The van der Waals surface area contributed by atoms with Crippen molar-refractivity contribution in [1.29, 1.82) is 0 Å². The van der Waals surface area contributed by atoms with Crippen molar-refractivity contribution in [3.05, 3.63) is 28.5 Å². The maximum Gasteiger partial charge on any atom is 0.269 e. The molecule has 5 heteroatoms. The van der Waals surface area contributed by atoms with E-state index < -0.39 is 0 Å². The van der Waals surface area contributed by atoms with E-state index in [-0.39, 0.29) is 5.91 Å². The highest BCUT2D eigenvalue weighted by atomic mass is 79.9. The maximum atomic E-state index is 11.6. The molecule has 80 valence electrons. The number of halogens is 1. The molecule has 0 radical (unpaired) electrons. The van der Waals surface area contributed by atoms with Crippen LogP contribution in [0.3, 0.4) is 0 Å². The van der Waals surface area contributed by atoms with E-state index in [1.807, 2.05) is 6.07 Å². The third-order valence-electron chi connectivity index (χ3n) is 2.38. The van der Waals surface area contributed by atoms with Crippen LogP contribution in [0.25, 0.3) is 0 Å². The summed E-state index contributed by atoms with van der Waals surface area (Å²) in [7, 11) is 0. The predicted molar refractivity (Wildman–Crippen MR) is 60.6 cm³/mol. The Morgan fingerprint density at radius 2 is 2.40 bits per heavy atom. The fourth-order valence-corrected chi connectivity index (χ4v) is 1.57. The third kappa shape index (κ3) is 2.76. The molecule has 2 heterocycles. The van der Waals surface area contributed by atoms with E-state index in [4.69, 9.17) is 0 Å². The molecule has 0 aliphatic carbocycles. The molecule has 2 rings (SSSR count). The van der Waals surface area contributed by atoms with Crippen molar-refractivity contribution >= 4 is 21.8 Å². The molecule has 15 heavy (non-hydrogen) atoms. The molecule has 1 aromatic heterocycles. The third-order valence-corrected chi connectivity index (χ3v) is 2.85. The summed E-state index contributed by atoms with van der Waals surface area (Å²) >= 11 is 3.27. The second kappa shape index (κ2) is 4.72. The minimum absolute atomic E-state index is 0.102. The molecule has 1 saturated heterocycles. The Bertz CT molecular complexity index is 348. The van der Waals surface area contributed by atoms with Gasteiger partial charge in [0.05, 0.1) is 0 Å². The van der Waals surface area contributed by atoms with Gasteiger partial charge in [-0.1, -0.05) is 0 Å². The smallest absolute Gasteiger partial charge is 0.269 e. The number of carbonyl (C=O) groups is 1. The van der Waals surface area contributed by atoms with Gasteiger partial charge in [-0.25, -0.2) is 4.98 Å². The van der Waals surface area contributed by atoms with Crippen LogP contribution in [0.15, 0.2) is 22.8 Å². The molecule has 0 unspecified atom stereocenters. The molecular weight excluding hydrogens is 258 g/mol. The van der Waals surface area contributed by atoms with Gasteiger partial charge in [0.2, 0.25) is 0 Å². The van der Waals surface area contributed by atoms with E-state index in [0.717, 1.165) is 24.1 Å². The summed E-state index contributed by atoms with van der Waals surface area (Å²) in [5.74, 6) is 0.471. The average molecular weight is 270 g/mol. The number of pyridine rings is 1. The molecule has 0 atom stereocenters. The summed E-state index contributed by atoms with van der Waals surface area (Å²) in [5, 5.41) is 6.02. The molecule has 1 aliphatic rings. The van der Waals surface area contributed by atoms with Gasteiger partial charge in [-0.05, 0) is 28.1 Å². The molecular formula is C10H12BrN3O. The fourth-order valence-electron chi connectivity index (χ4n) is 1.33. The lowest BCUT2D eigenvalue weighted by Crippen LogP contribution is -2.48. The predicted octanol–water partition coefficient (Wildman–Crippen LogP) is 0.793. The van der Waals surface area contributed by atoms with Crippen LogP contribution in [0.4, 0.5) is 0 Å². The van der Waals surface area contributed by atoms with Crippen LogP contribution >= 0.6 is 15.9 Å². The lowest BCUT2D eigenvalue weighted by Gasteiger charge is -2.26. The first-order valence-electron chi connectivity index (χ1n) is 4.86. The molecule has 1 aliphatic heterocycles. The standard InChI is InChI=1S/C10H12BrN3O/c11-8-1-2-9(13-6-8)10(15)14-5-7-3-12-4-7/h1-2,6-7,12H,3-5H2,(H,14,15). The molecule has 1 aromatic rings. The maximum absolute atomic E-state index is 11.6. The van der Waals surface area contributed by atoms with Crippen LogP contribution in [0.5, 0.6) is 0 Å². The SMILES string of the molecule is O=C(NCC1CNC1)c1ccc(Br)cn1. The van der Waals surface area contributed by atoms with Crippen LogP contribution < -0.4 is 10.6 Å². The molecule has 0 spiro atoms. The second-order valence-corrected chi connectivity index (χ2v) is 4.51. The zero-order chi connectivity index (χ0) is 10.7. The lowest BCUT2D eigenvalue weighted by atomic mass is 10.0. The van der Waals surface area contributed by atoms with Crippen molar-refractivity contribution in [2.45, 2.75) is 0 Å². The minimum Gasteiger partial charge on any atom is -0.350 e. The van der Waals surface area contributed by atoms with Gasteiger partial charge in [0.15, 0.2) is 0 Å². The summed E-state index contributed by atoms with van der Waals surface area (Å²) in [4.78, 5) is 15.6. The highest BCUT2D eigenvalue weighted by Gasteiger charge is 2.17. The molecule has 0 bridgehead atoms. The zero-order valence-electron chi connectivity index (χ0n) is 8.16. The highest BCUT2D eigenvalue weighted by molar-refractivity contribution is 9.10. The van der Waals surface area contributed by atoms with Gasteiger partial charge in [0.1, 0.15) is 5.69 Å². The van der Waals surface area contributed by atoms with E-state index in [9.17, 15) is 4.79 Å². The molecule has 1 fully saturated rings. The van der Waals surface area contributed by atoms with Gasteiger partial charge in [-0.3, -0.25) is 4.79 Å². The van der Waals surface area contributed by atoms with Gasteiger partial charge >= 0.3 is 0 Å². The zero-order valence-corrected chi connectivity index (χ0v) is 9.75. The van der Waals surface area contributed by atoms with E-state index in [2.05, 4.69) is 31.5 Å². The molecule has 0 saturated carbocycles. The van der Waals surface area contributed by atoms with Crippen LogP contribution in [-0.2, 0) is 0 Å². The number of hydrogen-bond acceptors (Lipinski definition) is 3. The number of nitrogens with zero attached hydrogens (tertiary/aromatic N) is 1. The van der Waals surface area contributed by atoms with Gasteiger partial charge in [0, 0.05) is 36.2 Å². The van der Waals surface area contributed by atoms with Gasteiger partial charge in [-0.15, -0.1) is 0 Å². The number of nitrogens with one attached hydrogen (secondary N) is 2. The summed E-state index contributed by atoms with van der Waals surface area (Å²) in [6, 6.07) is 3.52. The Kier molecular flexibility index (Phi) is 3.33. The molecule has 0 aromatic carbocycles. The van der Waals surface area contributed by atoms with Crippen LogP contribution in [-0.4, -0.2) is 30.5 Å². The topological polar surface area (TPSA) is 54.0 Å². The number of hydrogen-bond donors (Lipinski definition) is 2. The Labute approximate surface area is 96.6 Å². The van der Waals surface area contributed by atoms with Crippen molar-refractivity contribution in [2.24, 2.45) is 5.92 Å². The van der Waals surface area contributed by atoms with Crippen molar-refractivity contribution in [2.75, 3.05) is 19.6 Å². The van der Waals surface area contributed by atoms with Crippen LogP contribution in [0.2, 0.25) is 0 Å². The normalized spacial score (nSPS) is 15.8. The van der Waals surface area contributed by atoms with Gasteiger partial charge < -0.3 is 10.6 Å². The Morgan fingerprint density at radius 1 is 1.60 bits per heavy atom. The largest absolute Gasteiger partial charge is 0.350 e. The number of aromatic nitrogens is 1. The molecule has 4 nitrogen and oxygen atoms in total. The average Bonchev–Trinajstić information content (AvgIpc) is 2.16. The van der Waals surface area contributed by atoms with Crippen molar-refractivity contribution < 1.29 is 4.79 Å². The van der Waals surface area contributed by atoms with Crippen molar-refractivity contribution in [3.63, 3.8) is 0 Å². The van der Waals surface area contributed by atoms with Crippen LogP contribution in [0, 0.1) is 5.92 Å². The van der Waals surface area contributed by atoms with Crippen molar-refractivity contribution in [3.8, 4) is 0 Å². The summed E-state index contributed by atoms with van der Waals surface area (Å²) in [6.45, 7) is 2.71. The number of carbonyl (C=O) groups excluding carboxylic acids is 1. The van der Waals surface area contributed by atoms with Crippen LogP contribution in [0.1, 0.15) is 10.5 Å². The van der Waals surface area contributed by atoms with Crippen molar-refractivity contribution in [1.82, 2.24) is 15.6 Å². The monoisotopic (exact) mass is 269 g/mol. The minimum atomic E-state index is -0.102. The molecule has 2 N–H and O–H groups in total. The Morgan fingerprint density at radius 3 is 2.93 bits per heavy atom. The van der Waals surface area contributed by atoms with E-state index in [0.29, 0.717) is 11.6 Å². The van der Waals surface area contributed by atoms with E-state index in [1.54, 1.807) is 12.3 Å². The first kappa shape index (κ1) is 10.6. The quantitative estimate of drug-likeness (QED) is 0.854. The van der Waals surface area contributed by atoms with Gasteiger partial charge in [-0.2, -0.15) is 0 Å².